The summed E-state index contributed by atoms with van der Waals surface area (Å²) in [6.07, 6.45) is 0.155. The number of hydrogen-bond donors (Lipinski definition) is 2. The van der Waals surface area contributed by atoms with Crippen LogP contribution in [0.3, 0.4) is 0 Å². The number of amides is 1. The highest BCUT2D eigenvalue weighted by Gasteiger charge is 2.36. The maximum atomic E-state index is 12.7. The summed E-state index contributed by atoms with van der Waals surface area (Å²) >= 11 is 0. The lowest BCUT2D eigenvalue weighted by atomic mass is 9.98. The van der Waals surface area contributed by atoms with Gasteiger partial charge >= 0.3 is 5.69 Å². The van der Waals surface area contributed by atoms with Crippen molar-refractivity contribution in [3.05, 3.63) is 86.1 Å². The molecule has 4 rings (SSSR count). The number of methoxy groups -OCH3 is 1. The van der Waals surface area contributed by atoms with Crippen LogP contribution in [0.2, 0.25) is 0 Å². The molecule has 9 heteroatoms. The third-order valence-corrected chi connectivity index (χ3v) is 5.46. The standard InChI is InChI=1S/C23H22N4O5/c1-13-8-4-6-10-17(13)26-22(30)20(21(29)24-23(26)31)16-12-18(27(25-16)14(2)28)15-9-5-7-11-19(15)32-3/h4-11,18,30H,12H2,1-3H3,(H,24,29,31)/t18-/m0/s1. The summed E-state index contributed by atoms with van der Waals surface area (Å²) < 4.78 is 6.46. The molecular formula is C23H22N4O5. The van der Waals surface area contributed by atoms with E-state index in [1.54, 1.807) is 37.3 Å². The number of nitrogens with zero attached hydrogens (tertiary/aromatic N) is 3. The Labute approximate surface area is 183 Å². The van der Waals surface area contributed by atoms with Gasteiger partial charge in [0, 0.05) is 18.9 Å². The Balaban J connectivity index is 1.87. The molecule has 9 nitrogen and oxygen atoms in total. The second-order valence-corrected chi connectivity index (χ2v) is 7.45. The summed E-state index contributed by atoms with van der Waals surface area (Å²) in [4.78, 5) is 39.9. The van der Waals surface area contributed by atoms with Gasteiger partial charge in [0.2, 0.25) is 11.8 Å². The van der Waals surface area contributed by atoms with Crippen molar-refractivity contribution >= 4 is 11.6 Å². The number of aromatic nitrogens is 2. The Hall–Kier alpha value is -4.14. The molecule has 0 saturated heterocycles. The number of hydrazone groups is 1. The highest BCUT2D eigenvalue weighted by Crippen LogP contribution is 2.38. The first-order valence-electron chi connectivity index (χ1n) is 9.98. The van der Waals surface area contributed by atoms with Crippen LogP contribution < -0.4 is 16.0 Å². The normalized spacial score (nSPS) is 15.5. The van der Waals surface area contributed by atoms with Gasteiger partial charge in [-0.3, -0.25) is 14.6 Å². The molecule has 0 unspecified atom stereocenters. The number of carbonyl (C=O) groups excluding carboxylic acids is 1. The molecule has 0 bridgehead atoms. The molecule has 2 N–H and O–H groups in total. The fourth-order valence-corrected chi connectivity index (χ4v) is 3.96. The first-order chi connectivity index (χ1) is 15.3. The summed E-state index contributed by atoms with van der Waals surface area (Å²) in [5.41, 5.74) is 0.360. The van der Waals surface area contributed by atoms with Crippen LogP contribution in [0.25, 0.3) is 5.69 Å². The van der Waals surface area contributed by atoms with E-state index >= 15 is 0 Å². The molecule has 1 aliphatic rings. The summed E-state index contributed by atoms with van der Waals surface area (Å²) in [7, 11) is 1.53. The SMILES string of the molecule is COc1ccccc1[C@@H]1CC(c2c(O)n(-c3ccccc3C)c(=O)[nH]c2=O)=NN1C(C)=O. The second-order valence-electron chi connectivity index (χ2n) is 7.45. The van der Waals surface area contributed by atoms with Crippen LogP contribution in [0.4, 0.5) is 0 Å². The number of rotatable bonds is 4. The largest absolute Gasteiger partial charge is 0.496 e. The van der Waals surface area contributed by atoms with Gasteiger partial charge in [0.15, 0.2) is 0 Å². The average molecular weight is 434 g/mol. The van der Waals surface area contributed by atoms with Crippen LogP contribution in [0.1, 0.15) is 36.1 Å². The minimum Gasteiger partial charge on any atom is -0.496 e. The van der Waals surface area contributed by atoms with Gasteiger partial charge in [0.25, 0.3) is 5.56 Å². The zero-order valence-electron chi connectivity index (χ0n) is 17.8. The number of carbonyl (C=O) groups is 1. The summed E-state index contributed by atoms with van der Waals surface area (Å²) in [5.74, 6) is -0.293. The molecule has 164 valence electrons. The van der Waals surface area contributed by atoms with Crippen molar-refractivity contribution in [2.45, 2.75) is 26.3 Å². The smallest absolute Gasteiger partial charge is 0.335 e. The third-order valence-electron chi connectivity index (χ3n) is 5.46. The van der Waals surface area contributed by atoms with Gasteiger partial charge in [-0.05, 0) is 24.6 Å². The van der Waals surface area contributed by atoms with Gasteiger partial charge < -0.3 is 9.84 Å². The van der Waals surface area contributed by atoms with Crippen LogP contribution in [-0.2, 0) is 4.79 Å². The number of para-hydroxylation sites is 2. The third kappa shape index (κ3) is 3.47. The topological polar surface area (TPSA) is 117 Å². The summed E-state index contributed by atoms with van der Waals surface area (Å²) in [6, 6.07) is 13.7. The summed E-state index contributed by atoms with van der Waals surface area (Å²) in [6.45, 7) is 3.15. The molecule has 0 aliphatic carbocycles. The van der Waals surface area contributed by atoms with Crippen molar-refractivity contribution in [2.75, 3.05) is 7.11 Å². The average Bonchev–Trinajstić information content (AvgIpc) is 3.19. The Morgan fingerprint density at radius 1 is 1.16 bits per heavy atom. The zero-order valence-corrected chi connectivity index (χ0v) is 17.8. The molecule has 2 heterocycles. The summed E-state index contributed by atoms with van der Waals surface area (Å²) in [5, 5.41) is 16.6. The number of benzene rings is 2. The Morgan fingerprint density at radius 2 is 1.84 bits per heavy atom. The second kappa shape index (κ2) is 8.18. The van der Waals surface area contributed by atoms with Crippen LogP contribution >= 0.6 is 0 Å². The van der Waals surface area contributed by atoms with Crippen LogP contribution in [0.15, 0.2) is 63.2 Å². The van der Waals surface area contributed by atoms with Gasteiger partial charge in [0.05, 0.1) is 24.6 Å². The van der Waals surface area contributed by atoms with Gasteiger partial charge in [-0.15, -0.1) is 0 Å². The number of H-pyrrole nitrogens is 1. The van der Waals surface area contributed by atoms with Crippen LogP contribution in [-0.4, -0.2) is 38.4 Å². The molecule has 1 aromatic heterocycles. The lowest BCUT2D eigenvalue weighted by Gasteiger charge is -2.22. The van der Waals surface area contributed by atoms with E-state index in [0.29, 0.717) is 17.0 Å². The lowest BCUT2D eigenvalue weighted by Crippen LogP contribution is -2.33. The molecule has 0 radical (unpaired) electrons. The van der Waals surface area contributed by atoms with E-state index in [9.17, 15) is 19.5 Å². The lowest BCUT2D eigenvalue weighted by molar-refractivity contribution is -0.130. The molecule has 0 spiro atoms. The fourth-order valence-electron chi connectivity index (χ4n) is 3.96. The van der Waals surface area contributed by atoms with E-state index < -0.39 is 23.2 Å². The maximum Gasteiger partial charge on any atom is 0.335 e. The maximum absolute atomic E-state index is 12.7. The molecule has 1 amide bonds. The molecule has 3 aromatic rings. The van der Waals surface area contributed by atoms with E-state index in [1.165, 1.54) is 19.0 Å². The predicted octanol–water partition coefficient (Wildman–Crippen LogP) is 2.25. The molecular weight excluding hydrogens is 412 g/mol. The Bertz CT molecular complexity index is 1350. The number of aromatic amines is 1. The number of nitrogens with one attached hydrogen (secondary N) is 1. The van der Waals surface area contributed by atoms with Gasteiger partial charge in [-0.25, -0.2) is 14.4 Å². The van der Waals surface area contributed by atoms with Crippen molar-refractivity contribution < 1.29 is 14.6 Å². The van der Waals surface area contributed by atoms with Gasteiger partial charge in [-0.2, -0.15) is 5.10 Å². The molecule has 2 aromatic carbocycles. The zero-order chi connectivity index (χ0) is 23.0. The Kier molecular flexibility index (Phi) is 5.40. The molecule has 0 fully saturated rings. The van der Waals surface area contributed by atoms with E-state index in [2.05, 4.69) is 10.1 Å². The molecule has 1 atom stereocenters. The van der Waals surface area contributed by atoms with Crippen LogP contribution in [0.5, 0.6) is 11.6 Å². The van der Waals surface area contributed by atoms with Gasteiger partial charge in [0.1, 0.15) is 11.3 Å². The minimum absolute atomic E-state index is 0.155. The van der Waals surface area contributed by atoms with Gasteiger partial charge in [-0.1, -0.05) is 36.4 Å². The molecule has 32 heavy (non-hydrogen) atoms. The molecule has 1 aliphatic heterocycles. The van der Waals surface area contributed by atoms with Crippen molar-refractivity contribution in [3.8, 4) is 17.3 Å². The first-order valence-corrected chi connectivity index (χ1v) is 9.98. The number of ether oxygens (including phenoxy) is 1. The molecule has 0 saturated carbocycles. The number of aryl methyl sites for hydroxylation is 1. The minimum atomic E-state index is -0.778. The van der Waals surface area contributed by atoms with Crippen molar-refractivity contribution in [3.63, 3.8) is 0 Å². The van der Waals surface area contributed by atoms with Crippen LogP contribution in [0, 0.1) is 6.92 Å². The van der Waals surface area contributed by atoms with E-state index in [4.69, 9.17) is 4.74 Å². The highest BCUT2D eigenvalue weighted by molar-refractivity contribution is 6.04. The quantitative estimate of drug-likeness (QED) is 0.653. The Morgan fingerprint density at radius 3 is 2.53 bits per heavy atom. The predicted molar refractivity (Wildman–Crippen MR) is 118 cm³/mol. The van der Waals surface area contributed by atoms with E-state index in [1.807, 2.05) is 18.2 Å². The van der Waals surface area contributed by atoms with Crippen molar-refractivity contribution in [1.29, 1.82) is 0 Å². The van der Waals surface area contributed by atoms with E-state index in [-0.39, 0.29) is 23.6 Å². The highest BCUT2D eigenvalue weighted by atomic mass is 16.5. The monoisotopic (exact) mass is 434 g/mol. The number of hydrogen-bond acceptors (Lipinski definition) is 6. The van der Waals surface area contributed by atoms with E-state index in [0.717, 1.165) is 10.1 Å². The fraction of sp³-hybridized carbons (Fsp3) is 0.217. The van der Waals surface area contributed by atoms with Crippen molar-refractivity contribution in [1.82, 2.24) is 14.6 Å². The first kappa shape index (κ1) is 21.1. The van der Waals surface area contributed by atoms with Crippen molar-refractivity contribution in [2.24, 2.45) is 5.10 Å². The number of aromatic hydroxyl groups is 1.